The zero-order valence-corrected chi connectivity index (χ0v) is 26.1. The number of rotatable bonds is 20. The summed E-state index contributed by atoms with van der Waals surface area (Å²) in [5, 5.41) is 5.06. The van der Waals surface area contributed by atoms with Gasteiger partial charge in [0.15, 0.2) is 12.7 Å². The molecule has 3 rings (SSSR count). The number of unbranched alkanes of at least 4 members (excludes halogenated alkanes) is 13. The van der Waals surface area contributed by atoms with Crippen molar-refractivity contribution in [2.45, 2.75) is 103 Å². The van der Waals surface area contributed by atoms with Crippen LogP contribution in [0.3, 0.4) is 0 Å². The number of carbonyl (C=O) groups is 1. The zero-order chi connectivity index (χ0) is 26.7. The van der Waals surface area contributed by atoms with E-state index in [1.54, 1.807) is 11.3 Å². The Bertz CT molecular complexity index is 1020. The highest BCUT2D eigenvalue weighted by Gasteiger charge is 2.09. The molecule has 6 heteroatoms. The highest BCUT2D eigenvalue weighted by Crippen LogP contribution is 2.17. The van der Waals surface area contributed by atoms with Gasteiger partial charge < -0.3 is 27.0 Å². The lowest BCUT2D eigenvalue weighted by molar-refractivity contribution is -0.683. The second-order valence-electron chi connectivity index (χ2n) is 10.3. The van der Waals surface area contributed by atoms with Crippen molar-refractivity contribution in [2.24, 2.45) is 0 Å². The van der Waals surface area contributed by atoms with Crippen molar-refractivity contribution in [2.75, 3.05) is 11.9 Å². The Kier molecular flexibility index (Phi) is 17.5. The number of carbonyl (C=O) groups excluding carboxylic acids is 1. The number of anilines is 1. The summed E-state index contributed by atoms with van der Waals surface area (Å²) in [5.74, 6) is 0.641. The van der Waals surface area contributed by atoms with Crippen molar-refractivity contribution < 1.29 is 31.1 Å². The van der Waals surface area contributed by atoms with Gasteiger partial charge in [-0.2, -0.15) is 4.57 Å². The van der Waals surface area contributed by atoms with Gasteiger partial charge in [0, 0.05) is 16.8 Å². The van der Waals surface area contributed by atoms with Gasteiger partial charge in [0.2, 0.25) is 5.51 Å². The molecular weight excluding hydrogens is 568 g/mol. The molecule has 1 aromatic heterocycles. The number of amides is 1. The average molecular weight is 616 g/mol. The number of hydrogen-bond donors (Lipinski definition) is 1. The Balaban J connectivity index is 0.00000533. The van der Waals surface area contributed by atoms with Crippen molar-refractivity contribution in [3.8, 4) is 5.75 Å². The van der Waals surface area contributed by atoms with E-state index in [2.05, 4.69) is 46.0 Å². The second kappa shape index (κ2) is 20.7. The van der Waals surface area contributed by atoms with Gasteiger partial charge in [0.05, 0.1) is 12.0 Å². The van der Waals surface area contributed by atoms with Gasteiger partial charge in [-0.25, -0.2) is 0 Å². The Morgan fingerprint density at radius 2 is 1.44 bits per heavy atom. The molecule has 0 saturated carbocycles. The standard InChI is InChI=1S/C33H46N2O2S.BrH/c1-2-3-4-5-6-7-8-9-10-11-12-13-14-15-24-37-32-18-16-17-30(26-32)33(36)34-31-21-19-29(20-22-31)27-35-23-25-38-28-35;/h16-23,25-26,28H,2-15,24,27H2,1H3;1H. The van der Waals surface area contributed by atoms with Gasteiger partial charge in [-0.15, -0.1) is 0 Å². The SMILES string of the molecule is CCCCCCCCCCCCCCCCOc1cccc(C(=O)Nc2ccc(C[n+]3ccsc3)cc2)c1.[Br-]. The van der Waals surface area contributed by atoms with E-state index in [0.717, 1.165) is 24.4 Å². The second-order valence-corrected chi connectivity index (χ2v) is 11.1. The molecule has 4 nitrogen and oxygen atoms in total. The minimum absolute atomic E-state index is 0. The summed E-state index contributed by atoms with van der Waals surface area (Å²) < 4.78 is 8.08. The number of nitrogens with one attached hydrogen (secondary N) is 1. The number of aromatic nitrogens is 1. The molecule has 1 amide bonds. The van der Waals surface area contributed by atoms with E-state index >= 15 is 0 Å². The fourth-order valence-corrected chi connectivity index (χ4v) is 5.27. The normalized spacial score (nSPS) is 10.7. The van der Waals surface area contributed by atoms with Crippen LogP contribution in [0.5, 0.6) is 5.75 Å². The quantitative estimate of drug-likeness (QED) is 0.122. The first-order chi connectivity index (χ1) is 18.7. The van der Waals surface area contributed by atoms with Gasteiger partial charge >= 0.3 is 0 Å². The van der Waals surface area contributed by atoms with Crippen LogP contribution in [0.25, 0.3) is 0 Å². The minimum atomic E-state index is -0.119. The highest BCUT2D eigenvalue weighted by molar-refractivity contribution is 7.07. The van der Waals surface area contributed by atoms with Gasteiger partial charge in [-0.05, 0) is 36.8 Å². The Labute approximate surface area is 251 Å². The van der Waals surface area contributed by atoms with E-state index in [1.807, 2.05) is 36.4 Å². The highest BCUT2D eigenvalue weighted by atomic mass is 79.9. The maximum Gasteiger partial charge on any atom is 0.255 e. The summed E-state index contributed by atoms with van der Waals surface area (Å²) >= 11 is 1.68. The van der Waals surface area contributed by atoms with E-state index in [4.69, 9.17) is 4.74 Å². The predicted octanol–water partition coefficient (Wildman–Crippen LogP) is 6.20. The summed E-state index contributed by atoms with van der Waals surface area (Å²) in [6.45, 7) is 3.81. The summed E-state index contributed by atoms with van der Waals surface area (Å²) in [7, 11) is 0. The van der Waals surface area contributed by atoms with Crippen LogP contribution < -0.4 is 31.6 Å². The average Bonchev–Trinajstić information content (AvgIpc) is 3.45. The van der Waals surface area contributed by atoms with Gasteiger partial charge in [-0.3, -0.25) is 4.79 Å². The molecule has 0 saturated heterocycles. The van der Waals surface area contributed by atoms with Gasteiger partial charge in [0.25, 0.3) is 5.91 Å². The van der Waals surface area contributed by atoms with E-state index in [9.17, 15) is 4.79 Å². The van der Waals surface area contributed by atoms with E-state index < -0.39 is 0 Å². The lowest BCUT2D eigenvalue weighted by Gasteiger charge is -2.09. The largest absolute Gasteiger partial charge is 1.00 e. The van der Waals surface area contributed by atoms with E-state index in [1.165, 1.54) is 89.0 Å². The first-order valence-corrected chi connectivity index (χ1v) is 15.7. The molecule has 1 N–H and O–H groups in total. The monoisotopic (exact) mass is 614 g/mol. The number of benzene rings is 2. The molecular formula is C33H47BrN2O2S. The first-order valence-electron chi connectivity index (χ1n) is 14.8. The van der Waals surface area contributed by atoms with Crippen molar-refractivity contribution >= 4 is 22.9 Å². The van der Waals surface area contributed by atoms with Crippen LogP contribution in [0.15, 0.2) is 65.6 Å². The molecule has 0 bridgehead atoms. The van der Waals surface area contributed by atoms with Crippen LogP contribution in [-0.2, 0) is 6.54 Å². The summed E-state index contributed by atoms with van der Waals surface area (Å²) in [5.41, 5.74) is 4.69. The molecule has 39 heavy (non-hydrogen) atoms. The number of thiazole rings is 1. The maximum absolute atomic E-state index is 12.8. The van der Waals surface area contributed by atoms with Crippen molar-refractivity contribution in [1.82, 2.24) is 0 Å². The predicted molar refractivity (Wildman–Crippen MR) is 160 cm³/mol. The summed E-state index contributed by atoms with van der Waals surface area (Å²) in [6, 6.07) is 15.5. The fraction of sp³-hybridized carbons (Fsp3) is 0.515. The van der Waals surface area contributed by atoms with Crippen LogP contribution >= 0.6 is 11.3 Å². The molecule has 1 heterocycles. The third-order valence-electron chi connectivity index (χ3n) is 6.97. The van der Waals surface area contributed by atoms with E-state index in [-0.39, 0.29) is 22.9 Å². The lowest BCUT2D eigenvalue weighted by Crippen LogP contribution is -3.00. The Morgan fingerprint density at radius 3 is 2.03 bits per heavy atom. The van der Waals surface area contributed by atoms with Crippen LogP contribution in [0.4, 0.5) is 5.69 Å². The van der Waals surface area contributed by atoms with Gasteiger partial charge in [-0.1, -0.05) is 120 Å². The number of halogens is 1. The smallest absolute Gasteiger partial charge is 0.255 e. The molecule has 214 valence electrons. The van der Waals surface area contributed by atoms with Gasteiger partial charge in [0.1, 0.15) is 5.75 Å². The number of hydrogen-bond acceptors (Lipinski definition) is 3. The van der Waals surface area contributed by atoms with Crippen LogP contribution in [-0.4, -0.2) is 12.5 Å². The molecule has 0 radical (unpaired) electrons. The van der Waals surface area contributed by atoms with Crippen molar-refractivity contribution in [3.05, 3.63) is 76.7 Å². The first kappa shape index (κ1) is 33.0. The molecule has 0 aliphatic heterocycles. The molecule has 3 aromatic rings. The molecule has 0 atom stereocenters. The topological polar surface area (TPSA) is 42.2 Å². The molecule has 0 aliphatic rings. The summed E-state index contributed by atoms with van der Waals surface area (Å²) in [4.78, 5) is 12.8. The lowest BCUT2D eigenvalue weighted by atomic mass is 10.0. The Hall–Kier alpha value is -2.18. The minimum Gasteiger partial charge on any atom is -1.00 e. The van der Waals surface area contributed by atoms with Crippen molar-refractivity contribution in [3.63, 3.8) is 0 Å². The molecule has 2 aromatic carbocycles. The van der Waals surface area contributed by atoms with Crippen molar-refractivity contribution in [1.29, 1.82) is 0 Å². The van der Waals surface area contributed by atoms with Crippen LogP contribution in [0.2, 0.25) is 0 Å². The number of nitrogens with zero attached hydrogens (tertiary/aromatic N) is 1. The molecule has 0 aliphatic carbocycles. The maximum atomic E-state index is 12.8. The zero-order valence-electron chi connectivity index (χ0n) is 23.7. The Morgan fingerprint density at radius 1 is 0.821 bits per heavy atom. The molecule has 0 spiro atoms. The van der Waals surface area contributed by atoms with Crippen LogP contribution in [0.1, 0.15) is 113 Å². The molecule has 0 fully saturated rings. The van der Waals surface area contributed by atoms with Crippen LogP contribution in [0, 0.1) is 0 Å². The van der Waals surface area contributed by atoms with E-state index in [0.29, 0.717) is 12.2 Å². The molecule has 0 unspecified atom stereocenters. The fourth-order valence-electron chi connectivity index (χ4n) is 4.67. The third-order valence-corrected chi connectivity index (χ3v) is 7.64. The third kappa shape index (κ3) is 14.1. The summed E-state index contributed by atoms with van der Waals surface area (Å²) in [6.07, 6.45) is 21.0. The number of ether oxygens (including phenoxy) is 1.